The first kappa shape index (κ1) is 17.3. The molecular formula is C17H24N2O4. The SMILES string of the molecule is CCCOc1cccc(CNC(=O)CN2CCCC2C(=O)O)c1. The number of carbonyl (C=O) groups excluding carboxylic acids is 1. The molecule has 23 heavy (non-hydrogen) atoms. The minimum absolute atomic E-state index is 0.128. The molecule has 0 saturated carbocycles. The van der Waals surface area contributed by atoms with Gasteiger partial charge in [0.25, 0.3) is 0 Å². The van der Waals surface area contributed by atoms with Crippen LogP contribution in [0.1, 0.15) is 31.7 Å². The fourth-order valence-electron chi connectivity index (χ4n) is 2.70. The lowest BCUT2D eigenvalue weighted by atomic mass is 10.2. The minimum Gasteiger partial charge on any atom is -0.494 e. The Bertz CT molecular complexity index is 547. The highest BCUT2D eigenvalue weighted by Crippen LogP contribution is 2.17. The molecule has 2 N–H and O–H groups in total. The summed E-state index contributed by atoms with van der Waals surface area (Å²) in [5.74, 6) is -0.210. The van der Waals surface area contributed by atoms with E-state index in [2.05, 4.69) is 5.32 Å². The zero-order valence-corrected chi connectivity index (χ0v) is 13.5. The maximum absolute atomic E-state index is 12.0. The van der Waals surface area contributed by atoms with E-state index in [0.29, 0.717) is 26.1 Å². The predicted octanol–water partition coefficient (Wildman–Crippen LogP) is 1.64. The Labute approximate surface area is 136 Å². The second-order valence-electron chi connectivity index (χ2n) is 5.74. The molecule has 1 heterocycles. The number of nitrogens with zero attached hydrogens (tertiary/aromatic N) is 1. The van der Waals surface area contributed by atoms with Gasteiger partial charge in [-0.2, -0.15) is 0 Å². The number of benzene rings is 1. The molecule has 1 saturated heterocycles. The smallest absolute Gasteiger partial charge is 0.320 e. The van der Waals surface area contributed by atoms with E-state index in [9.17, 15) is 9.59 Å². The molecular weight excluding hydrogens is 296 g/mol. The van der Waals surface area contributed by atoms with E-state index >= 15 is 0 Å². The van der Waals surface area contributed by atoms with Gasteiger partial charge in [-0.3, -0.25) is 14.5 Å². The molecule has 1 amide bonds. The van der Waals surface area contributed by atoms with Crippen LogP contribution in [0.3, 0.4) is 0 Å². The van der Waals surface area contributed by atoms with E-state index in [-0.39, 0.29) is 12.5 Å². The first-order valence-corrected chi connectivity index (χ1v) is 8.05. The third-order valence-corrected chi connectivity index (χ3v) is 3.86. The van der Waals surface area contributed by atoms with Gasteiger partial charge < -0.3 is 15.2 Å². The summed E-state index contributed by atoms with van der Waals surface area (Å²) >= 11 is 0. The summed E-state index contributed by atoms with van der Waals surface area (Å²) in [6.45, 7) is 3.91. The highest BCUT2D eigenvalue weighted by atomic mass is 16.5. The number of nitrogens with one attached hydrogen (secondary N) is 1. The van der Waals surface area contributed by atoms with Crippen molar-refractivity contribution < 1.29 is 19.4 Å². The number of hydrogen-bond acceptors (Lipinski definition) is 4. The van der Waals surface area contributed by atoms with E-state index in [1.54, 1.807) is 4.90 Å². The lowest BCUT2D eigenvalue weighted by molar-refractivity contribution is -0.142. The van der Waals surface area contributed by atoms with Gasteiger partial charge in [0.2, 0.25) is 5.91 Å². The summed E-state index contributed by atoms with van der Waals surface area (Å²) in [5, 5.41) is 12.0. The summed E-state index contributed by atoms with van der Waals surface area (Å²) in [6.07, 6.45) is 2.38. The maximum Gasteiger partial charge on any atom is 0.320 e. The van der Waals surface area contributed by atoms with Gasteiger partial charge in [-0.25, -0.2) is 0 Å². The number of rotatable bonds is 8. The third kappa shape index (κ3) is 5.25. The molecule has 6 heteroatoms. The summed E-state index contributed by atoms with van der Waals surface area (Å²) in [5.41, 5.74) is 0.961. The molecule has 126 valence electrons. The van der Waals surface area contributed by atoms with Crippen LogP contribution in [-0.2, 0) is 16.1 Å². The van der Waals surface area contributed by atoms with Crippen LogP contribution in [0, 0.1) is 0 Å². The number of carbonyl (C=O) groups is 2. The first-order chi connectivity index (χ1) is 11.1. The number of carboxylic acid groups (broad SMARTS) is 1. The minimum atomic E-state index is -0.851. The van der Waals surface area contributed by atoms with Crippen molar-refractivity contribution in [1.29, 1.82) is 0 Å². The van der Waals surface area contributed by atoms with Crippen LogP contribution in [0.25, 0.3) is 0 Å². The number of amides is 1. The second-order valence-corrected chi connectivity index (χ2v) is 5.74. The molecule has 1 unspecified atom stereocenters. The largest absolute Gasteiger partial charge is 0.494 e. The van der Waals surface area contributed by atoms with Crippen LogP contribution in [0.15, 0.2) is 24.3 Å². The lowest BCUT2D eigenvalue weighted by Crippen LogP contribution is -2.42. The van der Waals surface area contributed by atoms with E-state index < -0.39 is 12.0 Å². The summed E-state index contributed by atoms with van der Waals surface area (Å²) in [6, 6.07) is 7.09. The molecule has 0 radical (unpaired) electrons. The Balaban J connectivity index is 1.81. The molecule has 1 aliphatic rings. The van der Waals surface area contributed by atoms with E-state index in [1.165, 1.54) is 0 Å². The van der Waals surface area contributed by atoms with Gasteiger partial charge in [0, 0.05) is 6.54 Å². The van der Waals surface area contributed by atoms with Gasteiger partial charge in [0.15, 0.2) is 0 Å². The number of hydrogen-bond donors (Lipinski definition) is 2. The molecule has 0 bridgehead atoms. The van der Waals surface area contributed by atoms with Crippen molar-refractivity contribution in [3.63, 3.8) is 0 Å². The van der Waals surface area contributed by atoms with Gasteiger partial charge in [-0.15, -0.1) is 0 Å². The number of likely N-dealkylation sites (tertiary alicyclic amines) is 1. The maximum atomic E-state index is 12.0. The van der Waals surface area contributed by atoms with Gasteiger partial charge in [0.05, 0.1) is 13.2 Å². The Morgan fingerprint density at radius 3 is 3.00 bits per heavy atom. The Kier molecular flexibility index (Phi) is 6.40. The van der Waals surface area contributed by atoms with Crippen LogP contribution < -0.4 is 10.1 Å². The summed E-state index contributed by atoms with van der Waals surface area (Å²) in [7, 11) is 0. The highest BCUT2D eigenvalue weighted by molar-refractivity contribution is 5.80. The van der Waals surface area contributed by atoms with Gasteiger partial charge in [-0.1, -0.05) is 19.1 Å². The van der Waals surface area contributed by atoms with Gasteiger partial charge >= 0.3 is 5.97 Å². The van der Waals surface area contributed by atoms with E-state index in [0.717, 1.165) is 24.2 Å². The third-order valence-electron chi connectivity index (χ3n) is 3.86. The van der Waals surface area contributed by atoms with Crippen molar-refractivity contribution in [1.82, 2.24) is 10.2 Å². The zero-order valence-electron chi connectivity index (χ0n) is 13.5. The standard InChI is InChI=1S/C17H24N2O4/c1-2-9-23-14-6-3-5-13(10-14)11-18-16(20)12-19-8-4-7-15(19)17(21)22/h3,5-6,10,15H,2,4,7-9,11-12H2,1H3,(H,18,20)(H,21,22). The molecule has 1 aromatic carbocycles. The predicted molar refractivity (Wildman–Crippen MR) is 86.3 cm³/mol. The van der Waals surface area contributed by atoms with Crippen LogP contribution in [0.4, 0.5) is 0 Å². The summed E-state index contributed by atoms with van der Waals surface area (Å²) in [4.78, 5) is 24.9. The average molecular weight is 320 g/mol. The molecule has 1 aliphatic heterocycles. The normalized spacial score (nSPS) is 17.9. The van der Waals surface area contributed by atoms with Crippen molar-refractivity contribution in [3.8, 4) is 5.75 Å². The van der Waals surface area contributed by atoms with Crippen LogP contribution in [0.2, 0.25) is 0 Å². The summed E-state index contributed by atoms with van der Waals surface area (Å²) < 4.78 is 5.56. The Morgan fingerprint density at radius 2 is 2.26 bits per heavy atom. The molecule has 0 aromatic heterocycles. The fraction of sp³-hybridized carbons (Fsp3) is 0.529. The zero-order chi connectivity index (χ0) is 16.7. The second kappa shape index (κ2) is 8.53. The van der Waals surface area contributed by atoms with Crippen molar-refractivity contribution in [2.24, 2.45) is 0 Å². The van der Waals surface area contributed by atoms with E-state index in [4.69, 9.17) is 9.84 Å². The topological polar surface area (TPSA) is 78.9 Å². The molecule has 0 aliphatic carbocycles. The van der Waals surface area contributed by atoms with Crippen LogP contribution in [0.5, 0.6) is 5.75 Å². The Morgan fingerprint density at radius 1 is 1.43 bits per heavy atom. The van der Waals surface area contributed by atoms with Crippen LogP contribution >= 0.6 is 0 Å². The molecule has 2 rings (SSSR count). The van der Waals surface area contributed by atoms with Crippen molar-refractivity contribution in [2.45, 2.75) is 38.8 Å². The number of ether oxygens (including phenoxy) is 1. The fourth-order valence-corrected chi connectivity index (χ4v) is 2.70. The average Bonchev–Trinajstić information content (AvgIpc) is 2.99. The monoisotopic (exact) mass is 320 g/mol. The van der Waals surface area contributed by atoms with Crippen LogP contribution in [-0.4, -0.2) is 47.6 Å². The number of carboxylic acids is 1. The molecule has 1 fully saturated rings. The Hall–Kier alpha value is -2.08. The molecule has 1 atom stereocenters. The quantitative estimate of drug-likeness (QED) is 0.761. The van der Waals surface area contributed by atoms with Crippen molar-refractivity contribution in [2.75, 3.05) is 19.7 Å². The van der Waals surface area contributed by atoms with E-state index in [1.807, 2.05) is 31.2 Å². The highest BCUT2D eigenvalue weighted by Gasteiger charge is 2.31. The van der Waals surface area contributed by atoms with Gasteiger partial charge in [0.1, 0.15) is 11.8 Å². The molecule has 6 nitrogen and oxygen atoms in total. The van der Waals surface area contributed by atoms with Crippen molar-refractivity contribution >= 4 is 11.9 Å². The lowest BCUT2D eigenvalue weighted by Gasteiger charge is -2.20. The van der Waals surface area contributed by atoms with Gasteiger partial charge in [-0.05, 0) is 43.5 Å². The molecule has 1 aromatic rings. The van der Waals surface area contributed by atoms with Crippen molar-refractivity contribution in [3.05, 3.63) is 29.8 Å². The number of aliphatic carboxylic acids is 1. The molecule has 0 spiro atoms. The first-order valence-electron chi connectivity index (χ1n) is 8.05.